The van der Waals surface area contributed by atoms with Crippen molar-refractivity contribution in [3.8, 4) is 0 Å². The molecule has 0 aliphatic heterocycles. The molecule has 0 radical (unpaired) electrons. The topological polar surface area (TPSA) is 17.1 Å². The Morgan fingerprint density at radius 3 is 3.17 bits per heavy atom. The predicted molar refractivity (Wildman–Crippen MR) is 48.8 cm³/mol. The van der Waals surface area contributed by atoms with Crippen molar-refractivity contribution in [2.24, 2.45) is 17.8 Å². The third-order valence-electron chi connectivity index (χ3n) is 3.26. The molecule has 0 heterocycles. The molecular formula is C11H16O. The van der Waals surface area contributed by atoms with E-state index >= 15 is 0 Å². The molecule has 2 rings (SSSR count). The van der Waals surface area contributed by atoms with Crippen LogP contribution in [0.4, 0.5) is 0 Å². The predicted octanol–water partition coefficient (Wildman–Crippen LogP) is 2.57. The number of rotatable bonds is 2. The van der Waals surface area contributed by atoms with Crippen LogP contribution in [-0.4, -0.2) is 5.78 Å². The third kappa shape index (κ3) is 1.03. The van der Waals surface area contributed by atoms with Gasteiger partial charge in [0.05, 0.1) is 0 Å². The van der Waals surface area contributed by atoms with E-state index in [9.17, 15) is 4.79 Å². The maximum absolute atomic E-state index is 11.6. The molecule has 0 saturated heterocycles. The molecule has 0 aromatic rings. The van der Waals surface area contributed by atoms with Gasteiger partial charge in [-0.15, -0.1) is 0 Å². The van der Waals surface area contributed by atoms with E-state index in [1.54, 1.807) is 0 Å². The molecule has 3 atom stereocenters. The molecular weight excluding hydrogens is 148 g/mol. The van der Waals surface area contributed by atoms with Gasteiger partial charge in [-0.2, -0.15) is 0 Å². The first-order chi connectivity index (χ1) is 5.84. The highest BCUT2D eigenvalue weighted by molar-refractivity contribution is 5.90. The summed E-state index contributed by atoms with van der Waals surface area (Å²) < 4.78 is 0. The molecule has 1 saturated carbocycles. The summed E-state index contributed by atoms with van der Waals surface area (Å²) in [4.78, 5) is 11.6. The van der Waals surface area contributed by atoms with Crippen molar-refractivity contribution in [2.45, 2.75) is 32.6 Å². The Morgan fingerprint density at radius 2 is 2.42 bits per heavy atom. The average Bonchev–Trinajstić information content (AvgIpc) is 2.13. The van der Waals surface area contributed by atoms with Gasteiger partial charge in [-0.3, -0.25) is 4.79 Å². The molecule has 1 heteroatoms. The highest BCUT2D eigenvalue weighted by atomic mass is 16.1. The maximum atomic E-state index is 11.6. The van der Waals surface area contributed by atoms with Gasteiger partial charge in [0.2, 0.25) is 0 Å². The Balaban J connectivity index is 2.04. The summed E-state index contributed by atoms with van der Waals surface area (Å²) in [6.07, 6.45) is 9.00. The van der Waals surface area contributed by atoms with E-state index in [4.69, 9.17) is 0 Å². The summed E-state index contributed by atoms with van der Waals surface area (Å²) in [7, 11) is 0. The molecule has 1 nitrogen and oxygen atoms in total. The highest BCUT2D eigenvalue weighted by Gasteiger charge is 2.47. The Labute approximate surface area is 73.8 Å². The van der Waals surface area contributed by atoms with Crippen LogP contribution in [0.3, 0.4) is 0 Å². The number of carbonyl (C=O) groups is 1. The van der Waals surface area contributed by atoms with Gasteiger partial charge in [0, 0.05) is 11.8 Å². The van der Waals surface area contributed by atoms with E-state index in [1.165, 1.54) is 0 Å². The quantitative estimate of drug-likeness (QED) is 0.573. The van der Waals surface area contributed by atoms with Gasteiger partial charge in [-0.05, 0) is 25.2 Å². The van der Waals surface area contributed by atoms with Crippen LogP contribution in [0.25, 0.3) is 0 Å². The minimum Gasteiger partial charge on any atom is -0.299 e. The van der Waals surface area contributed by atoms with Crippen LogP contribution >= 0.6 is 0 Å². The molecule has 0 spiro atoms. The molecule has 0 unspecified atom stereocenters. The van der Waals surface area contributed by atoms with Crippen LogP contribution in [0.5, 0.6) is 0 Å². The number of allylic oxidation sites excluding steroid dienone is 2. The van der Waals surface area contributed by atoms with Crippen molar-refractivity contribution in [2.75, 3.05) is 0 Å². The molecule has 0 amide bonds. The first-order valence-corrected chi connectivity index (χ1v) is 5.05. The smallest absolute Gasteiger partial charge is 0.140 e. The molecule has 0 aromatic heterocycles. The summed E-state index contributed by atoms with van der Waals surface area (Å²) in [5, 5.41) is 0. The number of ketones is 1. The second-order valence-corrected chi connectivity index (χ2v) is 3.99. The lowest BCUT2D eigenvalue weighted by Crippen LogP contribution is -2.47. The van der Waals surface area contributed by atoms with Crippen molar-refractivity contribution < 1.29 is 4.79 Å². The summed E-state index contributed by atoms with van der Waals surface area (Å²) in [5.74, 6) is 1.96. The number of Topliss-reactive ketones (excluding diaryl/α,β-unsaturated/α-hetero) is 1. The van der Waals surface area contributed by atoms with Gasteiger partial charge in [0.15, 0.2) is 0 Å². The van der Waals surface area contributed by atoms with Crippen molar-refractivity contribution in [3.63, 3.8) is 0 Å². The molecule has 0 aromatic carbocycles. The second kappa shape index (κ2) is 3.04. The Morgan fingerprint density at radius 1 is 1.58 bits per heavy atom. The molecule has 0 bridgehead atoms. The summed E-state index contributed by atoms with van der Waals surface area (Å²) in [5.41, 5.74) is 0. The molecule has 2 aliphatic carbocycles. The lowest BCUT2D eigenvalue weighted by Gasteiger charge is -2.43. The zero-order chi connectivity index (χ0) is 8.55. The number of hydrogen-bond acceptors (Lipinski definition) is 1. The van der Waals surface area contributed by atoms with Gasteiger partial charge in [-0.1, -0.05) is 25.5 Å². The summed E-state index contributed by atoms with van der Waals surface area (Å²) >= 11 is 0. The van der Waals surface area contributed by atoms with Crippen LogP contribution in [0.15, 0.2) is 12.2 Å². The van der Waals surface area contributed by atoms with Crippen molar-refractivity contribution in [3.05, 3.63) is 12.2 Å². The largest absolute Gasteiger partial charge is 0.299 e. The average molecular weight is 164 g/mol. The molecule has 66 valence electrons. The first kappa shape index (κ1) is 8.03. The minimum atomic E-state index is 0.386. The van der Waals surface area contributed by atoms with Crippen molar-refractivity contribution in [1.29, 1.82) is 0 Å². The van der Waals surface area contributed by atoms with E-state index in [0.29, 0.717) is 23.5 Å². The Hall–Kier alpha value is -0.590. The van der Waals surface area contributed by atoms with Crippen LogP contribution in [0, 0.1) is 17.8 Å². The lowest BCUT2D eigenvalue weighted by atomic mass is 9.59. The number of carbonyl (C=O) groups excluding carboxylic acids is 1. The van der Waals surface area contributed by atoms with Gasteiger partial charge in [-0.25, -0.2) is 0 Å². The Bertz CT molecular complexity index is 217. The zero-order valence-electron chi connectivity index (χ0n) is 7.62. The lowest BCUT2D eigenvalue weighted by molar-refractivity contribution is -0.141. The van der Waals surface area contributed by atoms with Gasteiger partial charge in [0.25, 0.3) is 0 Å². The van der Waals surface area contributed by atoms with Gasteiger partial charge >= 0.3 is 0 Å². The fourth-order valence-corrected chi connectivity index (χ4v) is 2.59. The first-order valence-electron chi connectivity index (χ1n) is 5.05. The van der Waals surface area contributed by atoms with E-state index in [-0.39, 0.29) is 0 Å². The van der Waals surface area contributed by atoms with Crippen LogP contribution < -0.4 is 0 Å². The second-order valence-electron chi connectivity index (χ2n) is 3.99. The molecule has 2 aliphatic rings. The highest BCUT2D eigenvalue weighted by Crippen LogP contribution is 2.45. The normalized spacial score (nSPS) is 39.1. The third-order valence-corrected chi connectivity index (χ3v) is 3.26. The van der Waals surface area contributed by atoms with E-state index in [1.807, 2.05) is 0 Å². The molecule has 0 N–H and O–H groups in total. The molecule has 12 heavy (non-hydrogen) atoms. The number of hydrogen-bond donors (Lipinski definition) is 0. The fourth-order valence-electron chi connectivity index (χ4n) is 2.59. The van der Waals surface area contributed by atoms with Gasteiger partial charge in [0.1, 0.15) is 5.78 Å². The standard InChI is InChI=1S/C11H16O/c1-2-5-9-8-6-3-4-7-10(8)11(9)12/h3,6,8-10H,2,4-5,7H2,1H3/t8-,9+,10-/m1/s1. The van der Waals surface area contributed by atoms with Crippen molar-refractivity contribution >= 4 is 5.78 Å². The SMILES string of the molecule is CCC[C@@H]1C(=O)[C@@H]2CCC=C[C@H]12. The summed E-state index contributed by atoms with van der Waals surface area (Å²) in [6, 6.07) is 0. The Kier molecular flexibility index (Phi) is 2.03. The van der Waals surface area contributed by atoms with Crippen molar-refractivity contribution in [1.82, 2.24) is 0 Å². The zero-order valence-corrected chi connectivity index (χ0v) is 7.62. The van der Waals surface area contributed by atoms with Gasteiger partial charge < -0.3 is 0 Å². The van der Waals surface area contributed by atoms with E-state index < -0.39 is 0 Å². The van der Waals surface area contributed by atoms with Crippen LogP contribution in [0.1, 0.15) is 32.6 Å². The monoisotopic (exact) mass is 164 g/mol. The number of fused-ring (bicyclic) bond motifs is 1. The van der Waals surface area contributed by atoms with Crippen LogP contribution in [0.2, 0.25) is 0 Å². The summed E-state index contributed by atoms with van der Waals surface area (Å²) in [6.45, 7) is 2.16. The van der Waals surface area contributed by atoms with Crippen LogP contribution in [-0.2, 0) is 4.79 Å². The van der Waals surface area contributed by atoms with E-state index in [2.05, 4.69) is 19.1 Å². The fraction of sp³-hybridized carbons (Fsp3) is 0.727. The minimum absolute atomic E-state index is 0.386. The molecule has 1 fully saturated rings. The van der Waals surface area contributed by atoms with E-state index in [0.717, 1.165) is 25.7 Å². The maximum Gasteiger partial charge on any atom is 0.140 e.